The number of ether oxygens (including phenoxy) is 2. The van der Waals surface area contributed by atoms with Crippen molar-refractivity contribution in [1.29, 1.82) is 0 Å². The number of methoxy groups -OCH3 is 1. The summed E-state index contributed by atoms with van der Waals surface area (Å²) in [6.45, 7) is -0.0276. The van der Waals surface area contributed by atoms with Crippen LogP contribution in [0, 0.1) is 0 Å². The van der Waals surface area contributed by atoms with Crippen LogP contribution in [0.4, 0.5) is 23.7 Å². The minimum absolute atomic E-state index is 0.0276. The zero-order chi connectivity index (χ0) is 22.7. The van der Waals surface area contributed by atoms with Crippen molar-refractivity contribution in [2.75, 3.05) is 12.4 Å². The number of rotatable bonds is 5. The SMILES string of the molecule is COc1ccc(COC(=O)Nc2ccc(-c3noc(C(F)(F)F)n3)c3ncccc23)cn1. The molecule has 32 heavy (non-hydrogen) atoms. The van der Waals surface area contributed by atoms with Gasteiger partial charge in [-0.15, -0.1) is 0 Å². The monoisotopic (exact) mass is 445 g/mol. The Balaban J connectivity index is 1.54. The maximum absolute atomic E-state index is 12.8. The van der Waals surface area contributed by atoms with E-state index in [0.717, 1.165) is 0 Å². The fourth-order valence-corrected chi connectivity index (χ4v) is 2.82. The molecule has 9 nitrogen and oxygen atoms in total. The summed E-state index contributed by atoms with van der Waals surface area (Å²) in [5.41, 5.74) is 1.48. The fraction of sp³-hybridized carbons (Fsp3) is 0.150. The number of fused-ring (bicyclic) bond motifs is 1. The molecule has 0 radical (unpaired) electrons. The minimum atomic E-state index is -4.76. The van der Waals surface area contributed by atoms with E-state index in [1.165, 1.54) is 31.6 Å². The number of anilines is 1. The number of carbonyl (C=O) groups excluding carboxylic acids is 1. The van der Waals surface area contributed by atoms with E-state index in [1.807, 2.05) is 0 Å². The highest BCUT2D eigenvalue weighted by Gasteiger charge is 2.38. The third-order valence-corrected chi connectivity index (χ3v) is 4.29. The van der Waals surface area contributed by atoms with Gasteiger partial charge in [-0.3, -0.25) is 10.3 Å². The van der Waals surface area contributed by atoms with Gasteiger partial charge < -0.3 is 14.0 Å². The van der Waals surface area contributed by atoms with Gasteiger partial charge in [-0.25, -0.2) is 9.78 Å². The van der Waals surface area contributed by atoms with Gasteiger partial charge in [0.1, 0.15) is 6.61 Å². The molecule has 4 aromatic rings. The number of aromatic nitrogens is 4. The highest BCUT2D eigenvalue weighted by molar-refractivity contribution is 6.03. The van der Waals surface area contributed by atoms with Crippen LogP contribution in [0.2, 0.25) is 0 Å². The maximum Gasteiger partial charge on any atom is 0.471 e. The lowest BCUT2D eigenvalue weighted by molar-refractivity contribution is -0.159. The first-order valence-corrected chi connectivity index (χ1v) is 9.07. The van der Waals surface area contributed by atoms with Crippen LogP contribution in [0.1, 0.15) is 11.5 Å². The predicted molar refractivity (Wildman–Crippen MR) is 105 cm³/mol. The topological polar surface area (TPSA) is 112 Å². The summed E-state index contributed by atoms with van der Waals surface area (Å²) in [5, 5.41) is 6.44. The Morgan fingerprint density at radius 3 is 2.69 bits per heavy atom. The van der Waals surface area contributed by atoms with E-state index >= 15 is 0 Å². The Hall–Kier alpha value is -4.22. The predicted octanol–water partition coefficient (Wildman–Crippen LogP) is 4.46. The molecule has 0 bridgehead atoms. The van der Waals surface area contributed by atoms with Crippen LogP contribution in [0.3, 0.4) is 0 Å². The molecule has 0 aliphatic carbocycles. The Morgan fingerprint density at radius 2 is 2.00 bits per heavy atom. The summed E-state index contributed by atoms with van der Waals surface area (Å²) in [4.78, 5) is 23.9. The number of benzene rings is 1. The zero-order valence-electron chi connectivity index (χ0n) is 16.4. The second-order valence-electron chi connectivity index (χ2n) is 6.39. The summed E-state index contributed by atoms with van der Waals surface area (Å²) in [6.07, 6.45) is -2.54. The standard InChI is InChI=1S/C20H14F3N5O4/c1-30-15-7-4-11(9-25-15)10-31-19(29)26-14-6-5-13(16-12(14)3-2-8-24-16)17-27-18(32-28-17)20(21,22)23/h2-9H,10H2,1H3,(H,26,29). The van der Waals surface area contributed by atoms with Crippen molar-refractivity contribution < 1.29 is 32.0 Å². The van der Waals surface area contributed by atoms with Gasteiger partial charge in [-0.1, -0.05) is 5.16 Å². The first-order valence-electron chi connectivity index (χ1n) is 9.07. The average Bonchev–Trinajstić information content (AvgIpc) is 3.29. The van der Waals surface area contributed by atoms with Gasteiger partial charge in [0.2, 0.25) is 11.7 Å². The summed E-state index contributed by atoms with van der Waals surface area (Å²) < 4.78 is 52.8. The molecule has 1 aromatic carbocycles. The lowest BCUT2D eigenvalue weighted by Gasteiger charge is -2.11. The second-order valence-corrected chi connectivity index (χ2v) is 6.39. The highest BCUT2D eigenvalue weighted by atomic mass is 19.4. The van der Waals surface area contributed by atoms with Crippen LogP contribution in [0.25, 0.3) is 22.3 Å². The lowest BCUT2D eigenvalue weighted by Crippen LogP contribution is -2.14. The van der Waals surface area contributed by atoms with Crippen LogP contribution in [-0.2, 0) is 17.5 Å². The molecule has 0 fully saturated rings. The molecule has 0 spiro atoms. The molecule has 164 valence electrons. The van der Waals surface area contributed by atoms with Gasteiger partial charge in [0.25, 0.3) is 0 Å². The summed E-state index contributed by atoms with van der Waals surface area (Å²) >= 11 is 0. The largest absolute Gasteiger partial charge is 0.481 e. The number of hydrogen-bond acceptors (Lipinski definition) is 8. The number of nitrogens with one attached hydrogen (secondary N) is 1. The van der Waals surface area contributed by atoms with E-state index in [2.05, 4.69) is 29.9 Å². The number of pyridine rings is 2. The van der Waals surface area contributed by atoms with Crippen molar-refractivity contribution in [1.82, 2.24) is 20.1 Å². The number of halogens is 3. The van der Waals surface area contributed by atoms with Crippen molar-refractivity contribution in [3.05, 3.63) is 60.2 Å². The van der Waals surface area contributed by atoms with Gasteiger partial charge in [-0.2, -0.15) is 18.2 Å². The van der Waals surface area contributed by atoms with Gasteiger partial charge in [-0.05, 0) is 30.3 Å². The molecule has 0 saturated heterocycles. The molecule has 0 aliphatic rings. The Kier molecular flexibility index (Phi) is 5.58. The normalized spacial score (nSPS) is 11.4. The molecule has 0 atom stereocenters. The maximum atomic E-state index is 12.8. The lowest BCUT2D eigenvalue weighted by atomic mass is 10.1. The summed E-state index contributed by atoms with van der Waals surface area (Å²) in [7, 11) is 1.49. The first kappa shape index (κ1) is 21.0. The van der Waals surface area contributed by atoms with E-state index in [0.29, 0.717) is 22.5 Å². The number of alkyl halides is 3. The van der Waals surface area contributed by atoms with Crippen molar-refractivity contribution in [2.45, 2.75) is 12.8 Å². The zero-order valence-corrected chi connectivity index (χ0v) is 16.4. The average molecular weight is 445 g/mol. The van der Waals surface area contributed by atoms with Crippen molar-refractivity contribution in [2.24, 2.45) is 0 Å². The smallest absolute Gasteiger partial charge is 0.471 e. The molecule has 4 rings (SSSR count). The van der Waals surface area contributed by atoms with Crippen LogP contribution in [0.15, 0.2) is 53.3 Å². The molecular formula is C20H14F3N5O4. The van der Waals surface area contributed by atoms with Crippen LogP contribution >= 0.6 is 0 Å². The quantitative estimate of drug-likeness (QED) is 0.479. The van der Waals surface area contributed by atoms with Gasteiger partial charge in [0.15, 0.2) is 0 Å². The highest BCUT2D eigenvalue weighted by Crippen LogP contribution is 2.33. The van der Waals surface area contributed by atoms with Crippen molar-refractivity contribution in [3.63, 3.8) is 0 Å². The molecular weight excluding hydrogens is 431 g/mol. The second kappa shape index (κ2) is 8.49. The Morgan fingerprint density at radius 1 is 1.16 bits per heavy atom. The third kappa shape index (κ3) is 4.43. The number of nitrogens with zero attached hydrogens (tertiary/aromatic N) is 4. The van der Waals surface area contributed by atoms with Crippen molar-refractivity contribution in [3.8, 4) is 17.3 Å². The Labute approximate surface area is 178 Å². The molecule has 0 saturated carbocycles. The molecule has 0 unspecified atom stereocenters. The van der Waals surface area contributed by atoms with Crippen LogP contribution in [0.5, 0.6) is 5.88 Å². The van der Waals surface area contributed by atoms with Gasteiger partial charge in [0, 0.05) is 35.0 Å². The number of carbonyl (C=O) groups is 1. The number of hydrogen-bond donors (Lipinski definition) is 1. The molecule has 12 heteroatoms. The van der Waals surface area contributed by atoms with E-state index < -0.39 is 18.2 Å². The van der Waals surface area contributed by atoms with E-state index in [-0.39, 0.29) is 23.5 Å². The van der Waals surface area contributed by atoms with Crippen LogP contribution in [-0.4, -0.2) is 33.3 Å². The third-order valence-electron chi connectivity index (χ3n) is 4.29. The van der Waals surface area contributed by atoms with Crippen LogP contribution < -0.4 is 10.1 Å². The molecule has 1 N–H and O–H groups in total. The molecule has 3 heterocycles. The fourth-order valence-electron chi connectivity index (χ4n) is 2.82. The Bertz CT molecular complexity index is 1260. The van der Waals surface area contributed by atoms with Gasteiger partial charge in [0.05, 0.1) is 18.3 Å². The summed E-state index contributed by atoms with van der Waals surface area (Å²) in [5.74, 6) is -1.31. The minimum Gasteiger partial charge on any atom is -0.481 e. The number of amides is 1. The van der Waals surface area contributed by atoms with Crippen molar-refractivity contribution >= 4 is 22.7 Å². The van der Waals surface area contributed by atoms with E-state index in [1.54, 1.807) is 24.3 Å². The van der Waals surface area contributed by atoms with E-state index in [9.17, 15) is 18.0 Å². The van der Waals surface area contributed by atoms with Gasteiger partial charge >= 0.3 is 18.2 Å². The molecule has 1 amide bonds. The molecule has 3 aromatic heterocycles. The molecule has 0 aliphatic heterocycles. The first-order chi connectivity index (χ1) is 15.3. The van der Waals surface area contributed by atoms with E-state index in [4.69, 9.17) is 9.47 Å². The summed E-state index contributed by atoms with van der Waals surface area (Å²) in [6, 6.07) is 9.51.